The van der Waals surface area contributed by atoms with E-state index in [1.54, 1.807) is 0 Å². The summed E-state index contributed by atoms with van der Waals surface area (Å²) in [7, 11) is 1.35. The minimum Gasteiger partial charge on any atom is -0.756 e. The van der Waals surface area contributed by atoms with E-state index in [4.69, 9.17) is 18.5 Å². The molecule has 0 heterocycles. The summed E-state index contributed by atoms with van der Waals surface area (Å²) in [6, 6.07) is 0. The molecule has 0 spiro atoms. The highest BCUT2D eigenvalue weighted by Gasteiger charge is 2.20. The van der Waals surface area contributed by atoms with Crippen molar-refractivity contribution in [2.45, 2.75) is 251 Å². The lowest BCUT2D eigenvalue weighted by atomic mass is 10.0. The Labute approximate surface area is 403 Å². The lowest BCUT2D eigenvalue weighted by molar-refractivity contribution is -0.870. The Hall–Kier alpha value is -1.54. The molecule has 8 nitrogen and oxygen atoms in total. The molecule has 0 aromatic heterocycles. The van der Waals surface area contributed by atoms with Gasteiger partial charge in [-0.2, -0.15) is 0 Å². The second-order valence-corrected chi connectivity index (χ2v) is 21.0. The Morgan fingerprint density at radius 3 is 1.34 bits per heavy atom. The van der Waals surface area contributed by atoms with Gasteiger partial charge in [0.1, 0.15) is 19.3 Å². The number of carbonyl (C=O) groups excluding carboxylic acids is 1. The average molecular weight is 936 g/mol. The van der Waals surface area contributed by atoms with Gasteiger partial charge in [0.25, 0.3) is 7.82 Å². The molecule has 2 atom stereocenters. The maximum Gasteiger partial charge on any atom is 0.306 e. The van der Waals surface area contributed by atoms with Crippen LogP contribution in [0.1, 0.15) is 245 Å². The maximum absolute atomic E-state index is 12.8. The molecule has 9 heteroatoms. The summed E-state index contributed by atoms with van der Waals surface area (Å²) in [5.41, 5.74) is 0. The highest BCUT2D eigenvalue weighted by Crippen LogP contribution is 2.38. The van der Waals surface area contributed by atoms with E-state index in [1.165, 1.54) is 154 Å². The summed E-state index contributed by atoms with van der Waals surface area (Å²) in [5, 5.41) is 0. The fourth-order valence-corrected chi connectivity index (χ4v) is 8.45. The molecule has 382 valence electrons. The summed E-state index contributed by atoms with van der Waals surface area (Å²) < 4.78 is 34.8. The van der Waals surface area contributed by atoms with Crippen molar-refractivity contribution in [3.63, 3.8) is 0 Å². The van der Waals surface area contributed by atoms with Crippen molar-refractivity contribution in [1.82, 2.24) is 0 Å². The summed E-state index contributed by atoms with van der Waals surface area (Å²) in [4.78, 5) is 25.2. The summed E-state index contributed by atoms with van der Waals surface area (Å²) >= 11 is 0. The number of hydrogen-bond acceptors (Lipinski definition) is 7. The van der Waals surface area contributed by atoms with Crippen molar-refractivity contribution < 1.29 is 37.3 Å². The first-order chi connectivity index (χ1) is 31.6. The predicted octanol–water partition coefficient (Wildman–Crippen LogP) is 16.4. The molecule has 0 bridgehead atoms. The van der Waals surface area contributed by atoms with Crippen LogP contribution < -0.4 is 4.89 Å². The molecular formula is C56H106NO7P. The molecule has 0 rings (SSSR count). The fourth-order valence-electron chi connectivity index (χ4n) is 7.72. The van der Waals surface area contributed by atoms with Crippen LogP contribution in [0.25, 0.3) is 0 Å². The fraction of sp³-hybridized carbons (Fsp3) is 0.839. The van der Waals surface area contributed by atoms with Gasteiger partial charge in [0.2, 0.25) is 0 Å². The molecule has 0 aliphatic carbocycles. The third-order valence-electron chi connectivity index (χ3n) is 11.9. The highest BCUT2D eigenvalue weighted by atomic mass is 31.2. The Bertz CT molecular complexity index is 1180. The third-order valence-corrected chi connectivity index (χ3v) is 12.9. The van der Waals surface area contributed by atoms with Crippen molar-refractivity contribution in [3.05, 3.63) is 48.6 Å². The zero-order valence-corrected chi connectivity index (χ0v) is 44.3. The number of phosphoric acid groups is 1. The van der Waals surface area contributed by atoms with E-state index >= 15 is 0 Å². The predicted molar refractivity (Wildman–Crippen MR) is 277 cm³/mol. The second-order valence-electron chi connectivity index (χ2n) is 19.6. The minimum atomic E-state index is -4.54. The molecule has 0 aliphatic heterocycles. The molecule has 0 aromatic carbocycles. The molecule has 0 N–H and O–H groups in total. The maximum atomic E-state index is 12.8. The van der Waals surface area contributed by atoms with E-state index in [0.717, 1.165) is 70.6 Å². The molecule has 65 heavy (non-hydrogen) atoms. The number of esters is 1. The zero-order valence-electron chi connectivity index (χ0n) is 43.4. The van der Waals surface area contributed by atoms with Crippen molar-refractivity contribution >= 4 is 13.8 Å². The van der Waals surface area contributed by atoms with Crippen LogP contribution in [-0.2, 0) is 27.9 Å². The van der Waals surface area contributed by atoms with Crippen LogP contribution in [-0.4, -0.2) is 70.7 Å². The van der Waals surface area contributed by atoms with E-state index in [2.05, 4.69) is 62.5 Å². The highest BCUT2D eigenvalue weighted by molar-refractivity contribution is 7.45. The van der Waals surface area contributed by atoms with Crippen molar-refractivity contribution in [1.29, 1.82) is 0 Å². The molecule has 2 unspecified atom stereocenters. The first kappa shape index (κ1) is 63.5. The Morgan fingerprint density at radius 2 is 0.892 bits per heavy atom. The number of carbonyl (C=O) groups is 1. The van der Waals surface area contributed by atoms with Crippen LogP contribution in [0.4, 0.5) is 0 Å². The molecule has 0 aromatic rings. The van der Waals surface area contributed by atoms with Crippen molar-refractivity contribution in [2.24, 2.45) is 0 Å². The first-order valence-corrected chi connectivity index (χ1v) is 28.8. The molecule has 0 saturated carbocycles. The quantitative estimate of drug-likeness (QED) is 0.0197. The van der Waals surface area contributed by atoms with Crippen LogP contribution in [0, 0.1) is 0 Å². The van der Waals surface area contributed by atoms with Gasteiger partial charge in [0.05, 0.1) is 34.4 Å². The van der Waals surface area contributed by atoms with E-state index in [1.807, 2.05) is 21.1 Å². The Balaban J connectivity index is 4.09. The number of phosphoric ester groups is 1. The lowest BCUT2D eigenvalue weighted by Crippen LogP contribution is -2.37. The van der Waals surface area contributed by atoms with Gasteiger partial charge in [-0.25, -0.2) is 0 Å². The number of rotatable bonds is 51. The normalized spacial score (nSPS) is 13.9. The second kappa shape index (κ2) is 48.9. The van der Waals surface area contributed by atoms with Crippen LogP contribution in [0.15, 0.2) is 48.6 Å². The number of unbranched alkanes of at least 4 members (excludes halogenated alkanes) is 29. The van der Waals surface area contributed by atoms with Gasteiger partial charge in [-0.3, -0.25) is 9.36 Å². The number of likely N-dealkylation sites (N-methyl/N-ethyl adjacent to an activating group) is 1. The van der Waals surface area contributed by atoms with Gasteiger partial charge in [-0.05, 0) is 51.4 Å². The molecule has 0 saturated heterocycles. The van der Waals surface area contributed by atoms with Gasteiger partial charge >= 0.3 is 5.97 Å². The van der Waals surface area contributed by atoms with Crippen LogP contribution in [0.2, 0.25) is 0 Å². The topological polar surface area (TPSA) is 94.1 Å². The number of nitrogens with zero attached hydrogens (tertiary/aromatic N) is 1. The SMILES string of the molecule is CC/C=C\C/C=C\C/C=C\C/C=C\CCCCCCCCC(=O)OC(COCCCCCCCCCCCCCCCCCCCCCCCCCC)COP(=O)([O-])OCC[N+](C)(C)C. The molecule has 0 amide bonds. The third kappa shape index (κ3) is 53.3. The lowest BCUT2D eigenvalue weighted by Gasteiger charge is -2.28. The standard InChI is InChI=1S/C56H106NO7P/c1-6-8-10-12-14-16-18-20-22-24-26-27-28-29-30-32-34-36-38-40-42-44-46-48-51-61-53-55(54-63-65(59,60)62-52-50-57(3,4)5)64-56(58)49-47-45-43-41-39-37-35-33-31-25-23-21-19-17-15-13-11-9-7-2/h9,11,15,17,21,23,31,33,55H,6-8,10,12-14,16,18-20,22,24-30,32,34-54H2,1-5H3/b11-9-,17-15-,23-21-,33-31-. The van der Waals surface area contributed by atoms with Crippen LogP contribution >= 0.6 is 7.82 Å². The van der Waals surface area contributed by atoms with Crippen molar-refractivity contribution in [3.8, 4) is 0 Å². The van der Waals surface area contributed by atoms with Gasteiger partial charge in [-0.15, -0.1) is 0 Å². The number of ether oxygens (including phenoxy) is 2. The average Bonchev–Trinajstić information content (AvgIpc) is 3.27. The van der Waals surface area contributed by atoms with E-state index in [0.29, 0.717) is 24.1 Å². The van der Waals surface area contributed by atoms with Gasteiger partial charge < -0.3 is 27.9 Å². The zero-order chi connectivity index (χ0) is 47.6. The Morgan fingerprint density at radius 1 is 0.492 bits per heavy atom. The summed E-state index contributed by atoms with van der Waals surface area (Å²) in [6.45, 7) is 5.32. The van der Waals surface area contributed by atoms with Gasteiger partial charge in [-0.1, -0.05) is 236 Å². The minimum absolute atomic E-state index is 0.0230. The molecule has 0 radical (unpaired) electrons. The monoisotopic (exact) mass is 936 g/mol. The van der Waals surface area contributed by atoms with Gasteiger partial charge in [0, 0.05) is 13.0 Å². The summed E-state index contributed by atoms with van der Waals surface area (Å²) in [5.74, 6) is -0.344. The Kier molecular flexibility index (Phi) is 47.7. The van der Waals surface area contributed by atoms with E-state index in [9.17, 15) is 14.3 Å². The number of hydrogen-bond donors (Lipinski definition) is 0. The molecular weight excluding hydrogens is 830 g/mol. The first-order valence-electron chi connectivity index (χ1n) is 27.4. The van der Waals surface area contributed by atoms with E-state index < -0.39 is 13.9 Å². The number of allylic oxidation sites excluding steroid dienone is 8. The largest absolute Gasteiger partial charge is 0.756 e. The van der Waals surface area contributed by atoms with E-state index in [-0.39, 0.29) is 25.8 Å². The summed E-state index contributed by atoms with van der Waals surface area (Å²) in [6.07, 6.45) is 61.5. The van der Waals surface area contributed by atoms with Crippen molar-refractivity contribution in [2.75, 3.05) is 54.1 Å². The molecule has 0 aliphatic rings. The number of quaternary nitrogens is 1. The molecule has 0 fully saturated rings. The smallest absolute Gasteiger partial charge is 0.306 e. The van der Waals surface area contributed by atoms with Crippen LogP contribution in [0.3, 0.4) is 0 Å². The van der Waals surface area contributed by atoms with Gasteiger partial charge in [0.15, 0.2) is 0 Å². The van der Waals surface area contributed by atoms with Crippen LogP contribution in [0.5, 0.6) is 0 Å².